The van der Waals surface area contributed by atoms with Gasteiger partial charge in [0.25, 0.3) is 0 Å². The van der Waals surface area contributed by atoms with E-state index in [4.69, 9.17) is 0 Å². The molecule has 0 aliphatic heterocycles. The van der Waals surface area contributed by atoms with E-state index in [9.17, 15) is 10.4 Å². The van der Waals surface area contributed by atoms with E-state index in [1.165, 1.54) is 0 Å². The highest BCUT2D eigenvalue weighted by molar-refractivity contribution is 6.12. The fourth-order valence-electron chi connectivity index (χ4n) is 3.21. The molecule has 21 heavy (non-hydrogen) atoms. The van der Waals surface area contributed by atoms with Crippen LogP contribution in [0.3, 0.4) is 0 Å². The summed E-state index contributed by atoms with van der Waals surface area (Å²) in [5, 5.41) is 24.3. The van der Waals surface area contributed by atoms with Crippen molar-refractivity contribution < 1.29 is 5.11 Å². The van der Waals surface area contributed by atoms with E-state index >= 15 is 0 Å². The fraction of sp³-hybridized carbons (Fsp3) is 0.211. The molecular formula is C19H17NO. The molecule has 0 aromatic heterocycles. The SMILES string of the molecule is CC.N#CC1c2cccc3ccc4cccc(c4c23)C1O. The molecule has 0 amide bonds. The van der Waals surface area contributed by atoms with Gasteiger partial charge in [0.05, 0.1) is 12.2 Å². The number of aliphatic hydroxyl groups is 1. The van der Waals surface area contributed by atoms with E-state index in [1.54, 1.807) is 0 Å². The zero-order valence-electron chi connectivity index (χ0n) is 12.2. The van der Waals surface area contributed by atoms with Gasteiger partial charge in [-0.15, -0.1) is 0 Å². The van der Waals surface area contributed by atoms with E-state index in [2.05, 4.69) is 30.3 Å². The predicted molar refractivity (Wildman–Crippen MR) is 86.1 cm³/mol. The van der Waals surface area contributed by atoms with E-state index in [-0.39, 0.29) is 0 Å². The summed E-state index contributed by atoms with van der Waals surface area (Å²) >= 11 is 0. The van der Waals surface area contributed by atoms with Crippen LogP contribution < -0.4 is 0 Å². The molecule has 3 aromatic carbocycles. The lowest BCUT2D eigenvalue weighted by atomic mass is 9.78. The molecule has 104 valence electrons. The van der Waals surface area contributed by atoms with Gasteiger partial charge in [-0.2, -0.15) is 5.26 Å². The van der Waals surface area contributed by atoms with Gasteiger partial charge in [0.2, 0.25) is 0 Å². The molecule has 3 aromatic rings. The molecule has 0 heterocycles. The average molecular weight is 275 g/mol. The lowest BCUT2D eigenvalue weighted by Gasteiger charge is -2.26. The average Bonchev–Trinajstić information content (AvgIpc) is 2.56. The third-order valence-electron chi connectivity index (χ3n) is 4.06. The van der Waals surface area contributed by atoms with Gasteiger partial charge in [-0.25, -0.2) is 0 Å². The van der Waals surface area contributed by atoms with Crippen LogP contribution in [-0.2, 0) is 0 Å². The number of hydrogen-bond donors (Lipinski definition) is 1. The summed E-state index contributed by atoms with van der Waals surface area (Å²) in [4.78, 5) is 0. The molecule has 2 atom stereocenters. The minimum Gasteiger partial charge on any atom is -0.387 e. The molecule has 0 radical (unpaired) electrons. The van der Waals surface area contributed by atoms with E-state index in [0.717, 1.165) is 32.7 Å². The Morgan fingerprint density at radius 3 is 1.95 bits per heavy atom. The Bertz CT molecular complexity index is 860. The van der Waals surface area contributed by atoms with Gasteiger partial charge in [0, 0.05) is 0 Å². The van der Waals surface area contributed by atoms with Crippen molar-refractivity contribution in [3.63, 3.8) is 0 Å². The van der Waals surface area contributed by atoms with Gasteiger partial charge >= 0.3 is 0 Å². The molecule has 1 N–H and O–H groups in total. The maximum Gasteiger partial charge on any atom is 0.102 e. The molecule has 0 saturated carbocycles. The minimum absolute atomic E-state index is 0.482. The van der Waals surface area contributed by atoms with E-state index < -0.39 is 12.0 Å². The van der Waals surface area contributed by atoms with Gasteiger partial charge in [0.15, 0.2) is 0 Å². The second-order valence-corrected chi connectivity index (χ2v) is 5.01. The first kappa shape index (κ1) is 13.6. The second-order valence-electron chi connectivity index (χ2n) is 5.01. The van der Waals surface area contributed by atoms with Crippen molar-refractivity contribution in [3.8, 4) is 6.07 Å². The van der Waals surface area contributed by atoms with Crippen LogP contribution in [-0.4, -0.2) is 5.11 Å². The molecule has 0 saturated heterocycles. The summed E-state index contributed by atoms with van der Waals surface area (Å²) in [5.74, 6) is -0.482. The van der Waals surface area contributed by atoms with Crippen LogP contribution in [0, 0.1) is 11.3 Å². The number of rotatable bonds is 0. The smallest absolute Gasteiger partial charge is 0.102 e. The monoisotopic (exact) mass is 275 g/mol. The first-order valence-electron chi connectivity index (χ1n) is 7.33. The van der Waals surface area contributed by atoms with Crippen LogP contribution in [0.1, 0.15) is 37.0 Å². The minimum atomic E-state index is -0.741. The Morgan fingerprint density at radius 2 is 1.38 bits per heavy atom. The second kappa shape index (κ2) is 5.20. The highest BCUT2D eigenvalue weighted by atomic mass is 16.3. The Labute approximate surface area is 124 Å². The zero-order chi connectivity index (χ0) is 15.0. The van der Waals surface area contributed by atoms with Crippen LogP contribution >= 0.6 is 0 Å². The van der Waals surface area contributed by atoms with Crippen molar-refractivity contribution in [2.45, 2.75) is 25.9 Å². The molecule has 2 heteroatoms. The summed E-state index contributed by atoms with van der Waals surface area (Å²) < 4.78 is 0. The maximum absolute atomic E-state index is 10.5. The Kier molecular flexibility index (Phi) is 3.37. The van der Waals surface area contributed by atoms with Crippen molar-refractivity contribution in [2.75, 3.05) is 0 Å². The van der Waals surface area contributed by atoms with Crippen LogP contribution in [0.4, 0.5) is 0 Å². The Hall–Kier alpha value is -2.37. The number of hydrogen-bond acceptors (Lipinski definition) is 2. The largest absolute Gasteiger partial charge is 0.387 e. The first-order valence-corrected chi connectivity index (χ1v) is 7.33. The first-order chi connectivity index (χ1) is 10.3. The van der Waals surface area contributed by atoms with Crippen molar-refractivity contribution in [1.82, 2.24) is 0 Å². The van der Waals surface area contributed by atoms with Crippen LogP contribution in [0.5, 0.6) is 0 Å². The van der Waals surface area contributed by atoms with Crippen LogP contribution in [0.25, 0.3) is 21.5 Å². The summed E-state index contributed by atoms with van der Waals surface area (Å²) in [6.45, 7) is 4.00. The third-order valence-corrected chi connectivity index (χ3v) is 4.06. The molecule has 2 unspecified atom stereocenters. The normalized spacial score (nSPS) is 19.1. The van der Waals surface area contributed by atoms with Crippen LogP contribution in [0.15, 0.2) is 48.5 Å². The number of aliphatic hydroxyl groups excluding tert-OH is 1. The van der Waals surface area contributed by atoms with Crippen molar-refractivity contribution in [3.05, 3.63) is 59.7 Å². The van der Waals surface area contributed by atoms with Crippen LogP contribution in [0.2, 0.25) is 0 Å². The highest BCUT2D eigenvalue weighted by Gasteiger charge is 2.30. The molecule has 0 spiro atoms. The zero-order valence-corrected chi connectivity index (χ0v) is 12.2. The van der Waals surface area contributed by atoms with E-state index in [1.807, 2.05) is 38.1 Å². The topological polar surface area (TPSA) is 44.0 Å². The summed E-state index contributed by atoms with van der Waals surface area (Å²) in [6.07, 6.45) is -0.741. The molecule has 2 nitrogen and oxygen atoms in total. The Balaban J connectivity index is 0.000000636. The van der Waals surface area contributed by atoms with Crippen molar-refractivity contribution in [2.24, 2.45) is 0 Å². The van der Waals surface area contributed by atoms with Gasteiger partial charge in [-0.1, -0.05) is 62.4 Å². The molecule has 1 aliphatic rings. The molecule has 4 rings (SSSR count). The maximum atomic E-state index is 10.5. The van der Waals surface area contributed by atoms with Gasteiger partial charge < -0.3 is 5.11 Å². The van der Waals surface area contributed by atoms with Gasteiger partial charge in [-0.05, 0) is 32.7 Å². The quantitative estimate of drug-likeness (QED) is 0.606. The summed E-state index contributed by atoms with van der Waals surface area (Å²) in [5.41, 5.74) is 1.81. The Morgan fingerprint density at radius 1 is 0.857 bits per heavy atom. The molecule has 0 bridgehead atoms. The predicted octanol–water partition coefficient (Wildman–Crippen LogP) is 4.67. The highest BCUT2D eigenvalue weighted by Crippen LogP contribution is 2.45. The lowest BCUT2D eigenvalue weighted by molar-refractivity contribution is 0.165. The van der Waals surface area contributed by atoms with Gasteiger partial charge in [-0.3, -0.25) is 0 Å². The standard InChI is InChI=1S/C17H11NO.C2H6/c18-9-14-12-5-1-3-10-7-8-11-4-2-6-13(17(14)19)16(11)15(10)12;1-2/h1-8,14,17,19H;1-2H3. The molecule has 1 aliphatic carbocycles. The van der Waals surface area contributed by atoms with Gasteiger partial charge in [0.1, 0.15) is 5.92 Å². The lowest BCUT2D eigenvalue weighted by Crippen LogP contribution is -2.14. The van der Waals surface area contributed by atoms with E-state index in [0.29, 0.717) is 0 Å². The third kappa shape index (κ3) is 1.82. The summed E-state index contributed by atoms with van der Waals surface area (Å²) in [7, 11) is 0. The van der Waals surface area contributed by atoms with Crippen molar-refractivity contribution in [1.29, 1.82) is 5.26 Å². The number of benzene rings is 3. The van der Waals surface area contributed by atoms with Crippen molar-refractivity contribution >= 4 is 21.5 Å². The fourth-order valence-corrected chi connectivity index (χ4v) is 3.21. The number of nitriles is 1. The molecule has 0 fully saturated rings. The molecular weight excluding hydrogens is 258 g/mol. The number of nitrogens with zero attached hydrogens (tertiary/aromatic N) is 1. The summed E-state index contributed by atoms with van der Waals surface area (Å²) in [6, 6.07) is 18.3.